The molecule has 8 nitrogen and oxygen atoms in total. The molecule has 42 heavy (non-hydrogen) atoms. The van der Waals surface area contributed by atoms with Gasteiger partial charge in [0.25, 0.3) is 0 Å². The van der Waals surface area contributed by atoms with Crippen LogP contribution in [0.2, 0.25) is 0 Å². The van der Waals surface area contributed by atoms with Gasteiger partial charge in [-0.25, -0.2) is 15.0 Å². The van der Waals surface area contributed by atoms with E-state index in [1.807, 2.05) is 26.0 Å². The Morgan fingerprint density at radius 1 is 1.02 bits per heavy atom. The lowest BCUT2D eigenvalue weighted by Gasteiger charge is -2.17. The molecule has 0 radical (unpaired) electrons. The number of allylic oxidation sites excluding steroid dienone is 12. The molecule has 0 aromatic carbocycles. The molecule has 8 bridgehead atoms. The van der Waals surface area contributed by atoms with Gasteiger partial charge in [0.1, 0.15) is 0 Å². The SMILES string of the molecule is CCC1=C2C(=O)CC3=C4NC(=C(C)C5=NC(=CC6=NC(=C(C)/C6=C\O)C=C1N=C32)C(C)=C5C)[C@@H](C)[C@@H]4CCC(=O)OC. The largest absolute Gasteiger partial charge is 0.515 e. The molecule has 5 heterocycles. The summed E-state index contributed by atoms with van der Waals surface area (Å²) in [5.41, 5.74) is 13.6. The van der Waals surface area contributed by atoms with Crippen molar-refractivity contribution in [2.45, 2.75) is 67.2 Å². The van der Waals surface area contributed by atoms with Gasteiger partial charge in [0.05, 0.1) is 47.6 Å². The molecule has 0 aromatic rings. The van der Waals surface area contributed by atoms with Crippen LogP contribution >= 0.6 is 0 Å². The monoisotopic (exact) mass is 564 g/mol. The van der Waals surface area contributed by atoms with E-state index < -0.39 is 0 Å². The number of hydrogen-bond acceptors (Lipinski definition) is 8. The molecule has 1 saturated carbocycles. The van der Waals surface area contributed by atoms with Crippen molar-refractivity contribution >= 4 is 28.9 Å². The normalized spacial score (nSPS) is 25.9. The number of carbonyl (C=O) groups excluding carboxylic acids is 2. The lowest BCUT2D eigenvalue weighted by Crippen LogP contribution is -2.15. The predicted octanol–water partition coefficient (Wildman–Crippen LogP) is 6.20. The summed E-state index contributed by atoms with van der Waals surface area (Å²) in [6.45, 7) is 12.3. The number of ether oxygens (including phenoxy) is 1. The van der Waals surface area contributed by atoms with Crippen LogP contribution in [0.3, 0.4) is 0 Å². The number of rotatable bonds is 4. The number of Topliss-reactive ketones (excluding diaryl/α,β-unsaturated/α-hetero) is 1. The molecule has 8 heteroatoms. The van der Waals surface area contributed by atoms with Gasteiger partial charge in [-0.2, -0.15) is 0 Å². The summed E-state index contributed by atoms with van der Waals surface area (Å²) in [6.07, 6.45) is 6.75. The van der Waals surface area contributed by atoms with Crippen molar-refractivity contribution < 1.29 is 19.4 Å². The Balaban J connectivity index is 1.64. The van der Waals surface area contributed by atoms with E-state index in [-0.39, 0.29) is 36.4 Å². The van der Waals surface area contributed by atoms with Crippen molar-refractivity contribution in [2.24, 2.45) is 26.8 Å². The van der Waals surface area contributed by atoms with Crippen molar-refractivity contribution in [3.05, 3.63) is 91.5 Å². The first-order valence-electron chi connectivity index (χ1n) is 14.6. The van der Waals surface area contributed by atoms with Gasteiger partial charge < -0.3 is 15.2 Å². The maximum Gasteiger partial charge on any atom is 0.305 e. The summed E-state index contributed by atoms with van der Waals surface area (Å²) < 4.78 is 4.98. The highest BCUT2D eigenvalue weighted by Gasteiger charge is 2.44. The van der Waals surface area contributed by atoms with Crippen LogP contribution in [0.15, 0.2) is 106 Å². The summed E-state index contributed by atoms with van der Waals surface area (Å²) in [5, 5.41) is 13.9. The highest BCUT2D eigenvalue weighted by Crippen LogP contribution is 2.46. The number of hydrogen-bond donors (Lipinski definition) is 2. The number of nitrogens with zero attached hydrogens (tertiary/aromatic N) is 3. The van der Waals surface area contributed by atoms with Crippen LogP contribution < -0.4 is 5.32 Å². The summed E-state index contributed by atoms with van der Waals surface area (Å²) in [4.78, 5) is 40.8. The maximum atomic E-state index is 13.6. The zero-order valence-electron chi connectivity index (χ0n) is 25.2. The quantitative estimate of drug-likeness (QED) is 0.312. The summed E-state index contributed by atoms with van der Waals surface area (Å²) >= 11 is 0. The molecule has 2 atom stereocenters. The zero-order valence-corrected chi connectivity index (χ0v) is 25.2. The summed E-state index contributed by atoms with van der Waals surface area (Å²) in [7, 11) is 1.41. The summed E-state index contributed by atoms with van der Waals surface area (Å²) in [6, 6.07) is 0. The molecule has 6 aliphatic rings. The molecule has 2 N–H and O–H groups in total. The first kappa shape index (κ1) is 27.8. The zero-order chi connectivity index (χ0) is 30.0. The van der Waals surface area contributed by atoms with Crippen LogP contribution in [-0.4, -0.2) is 41.1 Å². The Hall–Kier alpha value is -4.33. The Morgan fingerprint density at radius 2 is 1.76 bits per heavy atom. The molecular formula is C34H36N4O4. The third kappa shape index (κ3) is 4.07. The van der Waals surface area contributed by atoms with Gasteiger partial charge in [-0.15, -0.1) is 0 Å². The molecule has 1 aliphatic carbocycles. The third-order valence-corrected chi connectivity index (χ3v) is 9.52. The van der Waals surface area contributed by atoms with Gasteiger partial charge in [0, 0.05) is 52.8 Å². The predicted molar refractivity (Wildman–Crippen MR) is 164 cm³/mol. The van der Waals surface area contributed by atoms with Gasteiger partial charge >= 0.3 is 5.97 Å². The van der Waals surface area contributed by atoms with Gasteiger partial charge in [0.2, 0.25) is 0 Å². The molecule has 0 amide bonds. The molecule has 2 fully saturated rings. The highest BCUT2D eigenvalue weighted by atomic mass is 16.5. The van der Waals surface area contributed by atoms with Gasteiger partial charge in [0.15, 0.2) is 5.78 Å². The minimum Gasteiger partial charge on any atom is -0.515 e. The van der Waals surface area contributed by atoms with Crippen molar-refractivity contribution in [3.8, 4) is 0 Å². The molecule has 0 spiro atoms. The van der Waals surface area contributed by atoms with Crippen LogP contribution in [0.25, 0.3) is 0 Å². The van der Waals surface area contributed by atoms with Gasteiger partial charge in [-0.3, -0.25) is 9.59 Å². The Morgan fingerprint density at radius 3 is 2.45 bits per heavy atom. The van der Waals surface area contributed by atoms with Gasteiger partial charge in [-0.05, 0) is 80.6 Å². The van der Waals surface area contributed by atoms with Crippen molar-refractivity contribution in [1.82, 2.24) is 5.32 Å². The van der Waals surface area contributed by atoms with Crippen LogP contribution in [0.5, 0.6) is 0 Å². The molecule has 6 rings (SSSR count). The lowest BCUT2D eigenvalue weighted by atomic mass is 9.85. The summed E-state index contributed by atoms with van der Waals surface area (Å²) in [5.74, 6) is -0.148. The average Bonchev–Trinajstić information content (AvgIpc) is 3.73. The first-order valence-corrected chi connectivity index (χ1v) is 14.6. The van der Waals surface area contributed by atoms with Crippen molar-refractivity contribution in [3.63, 3.8) is 0 Å². The Kier molecular flexibility index (Phi) is 6.75. The van der Waals surface area contributed by atoms with Crippen molar-refractivity contribution in [2.75, 3.05) is 7.11 Å². The van der Waals surface area contributed by atoms with Crippen LogP contribution in [0.1, 0.15) is 67.2 Å². The topological polar surface area (TPSA) is 113 Å². The van der Waals surface area contributed by atoms with E-state index in [4.69, 9.17) is 19.7 Å². The molecular weight excluding hydrogens is 528 g/mol. The minimum absolute atomic E-state index is 0.0149. The first-order chi connectivity index (χ1) is 20.1. The molecule has 0 unspecified atom stereocenters. The van der Waals surface area contributed by atoms with E-state index in [0.29, 0.717) is 35.4 Å². The van der Waals surface area contributed by atoms with E-state index >= 15 is 0 Å². The third-order valence-electron chi connectivity index (χ3n) is 9.52. The number of ketones is 1. The van der Waals surface area contributed by atoms with Crippen molar-refractivity contribution in [1.29, 1.82) is 0 Å². The van der Waals surface area contributed by atoms with E-state index in [1.165, 1.54) is 7.11 Å². The number of nitrogens with one attached hydrogen (secondary N) is 1. The van der Waals surface area contributed by atoms with E-state index in [9.17, 15) is 14.7 Å². The van der Waals surface area contributed by atoms with E-state index in [1.54, 1.807) is 0 Å². The molecule has 5 aliphatic heterocycles. The number of fused-ring (bicyclic) bond motifs is 5. The molecule has 1 saturated heterocycles. The number of aliphatic imine (C=N–C) groups is 3. The second-order valence-corrected chi connectivity index (χ2v) is 11.7. The maximum absolute atomic E-state index is 13.6. The highest BCUT2D eigenvalue weighted by molar-refractivity contribution is 6.38. The number of carbonyl (C=O) groups is 2. The fourth-order valence-corrected chi connectivity index (χ4v) is 6.94. The fourth-order valence-electron chi connectivity index (χ4n) is 6.94. The Bertz CT molecular complexity index is 1730. The smallest absolute Gasteiger partial charge is 0.305 e. The van der Waals surface area contributed by atoms with E-state index in [2.05, 4.69) is 33.0 Å². The van der Waals surface area contributed by atoms with Crippen LogP contribution in [-0.2, 0) is 14.3 Å². The standard InChI is InChI=1S/C34H36N4O4/c1-8-20-26-13-25-17(4)23(14-39)27(35-25)12-24-15(2)16(3)31(36-24)19(6)32-18(5)21(9-10-29(41)42-7)33(38-32)22-11-28(40)30(20)34(22)37-26/h12-14,18,21,38-39H,8-11H2,1-7H3/b23-14+,24-12?,26-13?,32-19?,33-22?/t18-,21-/m0/s1. The number of esters is 1. The van der Waals surface area contributed by atoms with Crippen LogP contribution in [0.4, 0.5) is 0 Å². The number of aliphatic hydroxyl groups is 1. The molecule has 0 aromatic heterocycles. The Labute approximate surface area is 246 Å². The molecule has 216 valence electrons. The van der Waals surface area contributed by atoms with Crippen LogP contribution in [0, 0.1) is 11.8 Å². The lowest BCUT2D eigenvalue weighted by molar-refractivity contribution is -0.140. The second-order valence-electron chi connectivity index (χ2n) is 11.7. The number of aliphatic hydroxyl groups excluding tert-OH is 1. The minimum atomic E-state index is -0.250. The average molecular weight is 565 g/mol. The fraction of sp³-hybridized carbons (Fsp3) is 0.382. The van der Waals surface area contributed by atoms with Gasteiger partial charge in [-0.1, -0.05) is 13.8 Å². The van der Waals surface area contributed by atoms with E-state index in [0.717, 1.165) is 73.9 Å². The number of methoxy groups -OCH3 is 1. The second kappa shape index (κ2) is 10.2.